The smallest absolute Gasteiger partial charge is 0.220 e. The van der Waals surface area contributed by atoms with Crippen LogP contribution in [0.5, 0.6) is 17.2 Å². The molecule has 3 aromatic rings. The number of anilines is 1. The highest BCUT2D eigenvalue weighted by Gasteiger charge is 2.22. The van der Waals surface area contributed by atoms with Gasteiger partial charge in [0.15, 0.2) is 17.3 Å². The molecule has 1 atom stereocenters. The molecule has 1 aromatic carbocycles. The summed E-state index contributed by atoms with van der Waals surface area (Å²) in [5, 5.41) is 14.9. The Kier molecular flexibility index (Phi) is 8.13. The van der Waals surface area contributed by atoms with E-state index in [9.17, 15) is 4.79 Å². The van der Waals surface area contributed by atoms with Crippen molar-refractivity contribution in [2.45, 2.75) is 46.5 Å². The molecule has 2 N–H and O–H groups in total. The summed E-state index contributed by atoms with van der Waals surface area (Å²) in [4.78, 5) is 16.7. The van der Waals surface area contributed by atoms with Crippen molar-refractivity contribution < 1.29 is 19.0 Å². The van der Waals surface area contributed by atoms with E-state index < -0.39 is 0 Å². The number of carbonyl (C=O) groups excluding carboxylic acids is 1. The Balaban J connectivity index is 1.77. The standard InChI is InChI=1S/C23H34N6O4/c1-7-14(2)12-18(30)24-10-8-9-11-25-22-23-28-27-15(3)29(23)19-16(26-22)13-17(31-4)20(32-5)21(19)33-6/h13-14H,7-12H2,1-6H3,(H,24,30)(H,25,26). The Morgan fingerprint density at radius 3 is 2.48 bits per heavy atom. The van der Waals surface area contributed by atoms with Crippen LogP contribution < -0.4 is 24.8 Å². The van der Waals surface area contributed by atoms with Crippen LogP contribution >= 0.6 is 0 Å². The number of rotatable bonds is 12. The van der Waals surface area contributed by atoms with Gasteiger partial charge >= 0.3 is 0 Å². The summed E-state index contributed by atoms with van der Waals surface area (Å²) in [6.07, 6.45) is 3.33. The van der Waals surface area contributed by atoms with E-state index in [-0.39, 0.29) is 5.91 Å². The van der Waals surface area contributed by atoms with Crippen molar-refractivity contribution in [2.24, 2.45) is 5.92 Å². The average Bonchev–Trinajstić information content (AvgIpc) is 3.21. The maximum atomic E-state index is 11.9. The summed E-state index contributed by atoms with van der Waals surface area (Å²) in [5.41, 5.74) is 1.98. The minimum atomic E-state index is 0.118. The van der Waals surface area contributed by atoms with Crippen LogP contribution in [0.25, 0.3) is 16.7 Å². The summed E-state index contributed by atoms with van der Waals surface area (Å²) in [7, 11) is 4.72. The first-order valence-corrected chi connectivity index (χ1v) is 11.3. The van der Waals surface area contributed by atoms with Gasteiger partial charge in [-0.05, 0) is 25.7 Å². The number of hydrogen-bond acceptors (Lipinski definition) is 8. The van der Waals surface area contributed by atoms with Crippen LogP contribution in [0.2, 0.25) is 0 Å². The van der Waals surface area contributed by atoms with Crippen LogP contribution in [-0.4, -0.2) is 59.9 Å². The number of amides is 1. The minimum absolute atomic E-state index is 0.118. The summed E-state index contributed by atoms with van der Waals surface area (Å²) in [6.45, 7) is 7.41. The van der Waals surface area contributed by atoms with Gasteiger partial charge in [-0.1, -0.05) is 20.3 Å². The SMILES string of the molecule is CCC(C)CC(=O)NCCCCNc1nc2cc(OC)c(OC)c(OC)c2n2c(C)nnc12. The van der Waals surface area contributed by atoms with Crippen LogP contribution in [-0.2, 0) is 4.79 Å². The Bertz CT molecular complexity index is 1110. The zero-order chi connectivity index (χ0) is 24.0. The molecule has 0 saturated carbocycles. The third-order valence-electron chi connectivity index (χ3n) is 5.73. The Labute approximate surface area is 194 Å². The van der Waals surface area contributed by atoms with E-state index in [2.05, 4.69) is 34.7 Å². The normalized spacial score (nSPS) is 12.1. The lowest BCUT2D eigenvalue weighted by molar-refractivity contribution is -0.121. The maximum Gasteiger partial charge on any atom is 0.220 e. The number of hydrogen-bond donors (Lipinski definition) is 2. The molecule has 0 aliphatic heterocycles. The monoisotopic (exact) mass is 458 g/mol. The first-order chi connectivity index (χ1) is 15.9. The lowest BCUT2D eigenvalue weighted by atomic mass is 10.1. The topological polar surface area (TPSA) is 112 Å². The van der Waals surface area contributed by atoms with Gasteiger partial charge < -0.3 is 24.8 Å². The van der Waals surface area contributed by atoms with E-state index in [0.717, 1.165) is 19.3 Å². The molecule has 0 aliphatic rings. The Morgan fingerprint density at radius 1 is 1.09 bits per heavy atom. The highest BCUT2D eigenvalue weighted by Crippen LogP contribution is 2.43. The van der Waals surface area contributed by atoms with Crippen molar-refractivity contribution in [3.8, 4) is 17.2 Å². The van der Waals surface area contributed by atoms with Crippen molar-refractivity contribution >= 4 is 28.4 Å². The van der Waals surface area contributed by atoms with Crippen LogP contribution in [0.1, 0.15) is 45.4 Å². The van der Waals surface area contributed by atoms with E-state index in [4.69, 9.17) is 19.2 Å². The molecule has 1 amide bonds. The molecule has 2 heterocycles. The van der Waals surface area contributed by atoms with Crippen molar-refractivity contribution in [1.29, 1.82) is 0 Å². The predicted octanol–water partition coefficient (Wildman–Crippen LogP) is 3.36. The van der Waals surface area contributed by atoms with Crippen molar-refractivity contribution in [3.63, 3.8) is 0 Å². The molecule has 0 spiro atoms. The van der Waals surface area contributed by atoms with Gasteiger partial charge in [0.2, 0.25) is 17.3 Å². The van der Waals surface area contributed by atoms with Crippen LogP contribution in [0.3, 0.4) is 0 Å². The third-order valence-corrected chi connectivity index (χ3v) is 5.73. The van der Waals surface area contributed by atoms with Crippen molar-refractivity contribution in [1.82, 2.24) is 24.9 Å². The van der Waals surface area contributed by atoms with Crippen LogP contribution in [0.15, 0.2) is 6.07 Å². The number of nitrogens with zero attached hydrogens (tertiary/aromatic N) is 4. The fourth-order valence-corrected chi connectivity index (χ4v) is 3.72. The van der Waals surface area contributed by atoms with Gasteiger partial charge in [-0.25, -0.2) is 4.98 Å². The second kappa shape index (κ2) is 11.0. The van der Waals surface area contributed by atoms with Gasteiger partial charge in [0.05, 0.1) is 26.8 Å². The molecule has 0 saturated heterocycles. The van der Waals surface area contributed by atoms with Crippen LogP contribution in [0.4, 0.5) is 5.82 Å². The average molecular weight is 459 g/mol. The lowest BCUT2D eigenvalue weighted by Gasteiger charge is -2.17. The first kappa shape index (κ1) is 24.3. The van der Waals surface area contributed by atoms with Gasteiger partial charge in [-0.2, -0.15) is 0 Å². The fourth-order valence-electron chi connectivity index (χ4n) is 3.72. The van der Waals surface area contributed by atoms with Gasteiger partial charge in [0.25, 0.3) is 0 Å². The minimum Gasteiger partial charge on any atom is -0.493 e. The summed E-state index contributed by atoms with van der Waals surface area (Å²) < 4.78 is 18.6. The molecule has 10 heteroatoms. The molecule has 2 aromatic heterocycles. The van der Waals surface area contributed by atoms with Crippen LogP contribution in [0, 0.1) is 12.8 Å². The van der Waals surface area contributed by atoms with E-state index in [1.54, 1.807) is 21.3 Å². The number of aromatic nitrogens is 4. The zero-order valence-electron chi connectivity index (χ0n) is 20.3. The summed E-state index contributed by atoms with van der Waals surface area (Å²) in [5.74, 6) is 3.38. The Hall–Kier alpha value is -3.30. The number of benzene rings is 1. The molecule has 0 bridgehead atoms. The molecule has 33 heavy (non-hydrogen) atoms. The fraction of sp³-hybridized carbons (Fsp3) is 0.565. The molecule has 0 fully saturated rings. The summed E-state index contributed by atoms with van der Waals surface area (Å²) >= 11 is 0. The van der Waals surface area contributed by atoms with E-state index in [0.29, 0.717) is 71.0 Å². The maximum absolute atomic E-state index is 11.9. The third kappa shape index (κ3) is 5.20. The summed E-state index contributed by atoms with van der Waals surface area (Å²) in [6, 6.07) is 1.81. The molecule has 10 nitrogen and oxygen atoms in total. The van der Waals surface area contributed by atoms with E-state index in [1.165, 1.54) is 0 Å². The molecule has 3 rings (SSSR count). The molecule has 0 aliphatic carbocycles. The van der Waals surface area contributed by atoms with Gasteiger partial charge in [-0.15, -0.1) is 10.2 Å². The van der Waals surface area contributed by atoms with Crippen molar-refractivity contribution in [2.75, 3.05) is 39.7 Å². The zero-order valence-corrected chi connectivity index (χ0v) is 20.3. The molecule has 0 radical (unpaired) electrons. The molecular weight excluding hydrogens is 424 g/mol. The number of ether oxygens (including phenoxy) is 3. The quantitative estimate of drug-likeness (QED) is 0.398. The second-order valence-corrected chi connectivity index (χ2v) is 8.08. The lowest BCUT2D eigenvalue weighted by Crippen LogP contribution is -2.26. The van der Waals surface area contributed by atoms with Gasteiger partial charge in [0, 0.05) is 25.6 Å². The number of methoxy groups -OCH3 is 3. The van der Waals surface area contributed by atoms with E-state index >= 15 is 0 Å². The van der Waals surface area contributed by atoms with E-state index in [1.807, 2.05) is 17.4 Å². The number of fused-ring (bicyclic) bond motifs is 3. The largest absolute Gasteiger partial charge is 0.493 e. The number of aryl methyl sites for hydroxylation is 1. The van der Waals surface area contributed by atoms with Gasteiger partial charge in [0.1, 0.15) is 11.3 Å². The molecule has 1 unspecified atom stereocenters. The molecule has 180 valence electrons. The highest BCUT2D eigenvalue weighted by atomic mass is 16.5. The number of nitrogens with one attached hydrogen (secondary N) is 2. The second-order valence-electron chi connectivity index (χ2n) is 8.08. The highest BCUT2D eigenvalue weighted by molar-refractivity contribution is 5.92. The molecular formula is C23H34N6O4. The first-order valence-electron chi connectivity index (χ1n) is 11.3. The van der Waals surface area contributed by atoms with Crippen molar-refractivity contribution in [3.05, 3.63) is 11.9 Å². The Morgan fingerprint density at radius 2 is 1.82 bits per heavy atom. The number of unbranched alkanes of at least 4 members (excludes halogenated alkanes) is 1. The van der Waals surface area contributed by atoms with Gasteiger partial charge in [-0.3, -0.25) is 9.20 Å². The predicted molar refractivity (Wildman–Crippen MR) is 127 cm³/mol. The number of carbonyl (C=O) groups is 1.